The van der Waals surface area contributed by atoms with E-state index >= 15 is 0 Å². The Balaban J connectivity index is 1.89. The van der Waals surface area contributed by atoms with Gasteiger partial charge in [0.25, 0.3) is 0 Å². The van der Waals surface area contributed by atoms with E-state index < -0.39 is 6.10 Å². The predicted octanol–water partition coefficient (Wildman–Crippen LogP) is 2.72. The molecule has 5 heteroatoms. The number of methoxy groups -OCH3 is 1. The van der Waals surface area contributed by atoms with Crippen molar-refractivity contribution >= 4 is 11.3 Å². The number of hydrogen-bond donors (Lipinski definition) is 2. The zero-order valence-corrected chi connectivity index (χ0v) is 11.4. The fourth-order valence-electron chi connectivity index (χ4n) is 1.78. The van der Waals surface area contributed by atoms with Gasteiger partial charge in [-0.15, -0.1) is 0 Å². The summed E-state index contributed by atoms with van der Waals surface area (Å²) in [6.07, 6.45) is -0.570. The van der Waals surface area contributed by atoms with Gasteiger partial charge in [0.1, 0.15) is 0 Å². The fraction of sp³-hybridized carbons (Fsp3) is 0.286. The lowest BCUT2D eigenvalue weighted by Crippen LogP contribution is -2.21. The Bertz CT molecular complexity index is 516. The first kappa shape index (κ1) is 14.0. The van der Waals surface area contributed by atoms with Crippen LogP contribution in [0.2, 0.25) is 0 Å². The number of halogens is 1. The van der Waals surface area contributed by atoms with Crippen LogP contribution in [0.4, 0.5) is 4.39 Å². The summed E-state index contributed by atoms with van der Waals surface area (Å²) >= 11 is 1.54. The summed E-state index contributed by atoms with van der Waals surface area (Å²) < 4.78 is 18.8. The standard InChI is InChI=1S/C14H16FNO2S/c1-18-13-4-2-3-10(14(13)15)7-16-8-12(17)11-5-6-19-9-11/h2-6,9,12,16-17H,7-8H2,1H3. The van der Waals surface area contributed by atoms with Crippen molar-refractivity contribution in [2.24, 2.45) is 0 Å². The normalized spacial score (nSPS) is 12.4. The maximum atomic E-state index is 13.8. The number of aliphatic hydroxyl groups excluding tert-OH is 1. The van der Waals surface area contributed by atoms with Crippen LogP contribution in [0.1, 0.15) is 17.2 Å². The molecule has 2 N–H and O–H groups in total. The van der Waals surface area contributed by atoms with Crippen LogP contribution in [0.5, 0.6) is 5.75 Å². The van der Waals surface area contributed by atoms with E-state index in [0.29, 0.717) is 18.7 Å². The smallest absolute Gasteiger partial charge is 0.169 e. The van der Waals surface area contributed by atoms with Crippen LogP contribution in [0.3, 0.4) is 0 Å². The van der Waals surface area contributed by atoms with Gasteiger partial charge in [-0.25, -0.2) is 4.39 Å². The van der Waals surface area contributed by atoms with Gasteiger partial charge in [0, 0.05) is 18.7 Å². The quantitative estimate of drug-likeness (QED) is 0.855. The van der Waals surface area contributed by atoms with Crippen molar-refractivity contribution < 1.29 is 14.2 Å². The van der Waals surface area contributed by atoms with E-state index in [4.69, 9.17) is 4.74 Å². The van der Waals surface area contributed by atoms with E-state index in [9.17, 15) is 9.50 Å². The minimum Gasteiger partial charge on any atom is -0.494 e. The van der Waals surface area contributed by atoms with Crippen LogP contribution < -0.4 is 10.1 Å². The molecule has 0 aliphatic heterocycles. The largest absolute Gasteiger partial charge is 0.494 e. The summed E-state index contributed by atoms with van der Waals surface area (Å²) in [6.45, 7) is 0.734. The Morgan fingerprint density at radius 2 is 2.26 bits per heavy atom. The molecule has 0 amide bonds. The maximum absolute atomic E-state index is 13.8. The van der Waals surface area contributed by atoms with E-state index in [2.05, 4.69) is 5.32 Å². The van der Waals surface area contributed by atoms with Crippen molar-refractivity contribution in [3.63, 3.8) is 0 Å². The van der Waals surface area contributed by atoms with Crippen LogP contribution in [0, 0.1) is 5.82 Å². The monoisotopic (exact) mass is 281 g/mol. The lowest BCUT2D eigenvalue weighted by Gasteiger charge is -2.12. The molecule has 0 saturated heterocycles. The molecule has 3 nitrogen and oxygen atoms in total. The Morgan fingerprint density at radius 3 is 2.95 bits per heavy atom. The molecular formula is C14H16FNO2S. The van der Waals surface area contributed by atoms with Crippen LogP contribution in [0.15, 0.2) is 35.0 Å². The summed E-state index contributed by atoms with van der Waals surface area (Å²) in [5, 5.41) is 16.7. The van der Waals surface area contributed by atoms with Crippen molar-refractivity contribution in [1.29, 1.82) is 0 Å². The fourth-order valence-corrected chi connectivity index (χ4v) is 2.48. The van der Waals surface area contributed by atoms with Gasteiger partial charge in [-0.05, 0) is 28.5 Å². The Morgan fingerprint density at radius 1 is 1.42 bits per heavy atom. The molecule has 102 valence electrons. The molecule has 0 radical (unpaired) electrons. The van der Waals surface area contributed by atoms with Crippen LogP contribution in [0.25, 0.3) is 0 Å². The predicted molar refractivity (Wildman–Crippen MR) is 73.9 cm³/mol. The molecule has 1 aromatic heterocycles. The second kappa shape index (κ2) is 6.65. The zero-order valence-electron chi connectivity index (χ0n) is 10.6. The Kier molecular flexibility index (Phi) is 4.90. The maximum Gasteiger partial charge on any atom is 0.169 e. The molecule has 1 atom stereocenters. The number of thiophene rings is 1. The summed E-state index contributed by atoms with van der Waals surface area (Å²) in [7, 11) is 1.44. The molecule has 19 heavy (non-hydrogen) atoms. The third kappa shape index (κ3) is 3.53. The molecule has 2 rings (SSSR count). The molecule has 0 spiro atoms. The van der Waals surface area contributed by atoms with Gasteiger partial charge in [0.05, 0.1) is 13.2 Å². The Labute approximate surface area is 115 Å². The third-order valence-electron chi connectivity index (χ3n) is 2.84. The van der Waals surface area contributed by atoms with Gasteiger partial charge >= 0.3 is 0 Å². The van der Waals surface area contributed by atoms with E-state index in [-0.39, 0.29) is 11.6 Å². The van der Waals surface area contributed by atoms with Crippen molar-refractivity contribution in [1.82, 2.24) is 5.32 Å². The number of nitrogens with one attached hydrogen (secondary N) is 1. The molecule has 0 fully saturated rings. The lowest BCUT2D eigenvalue weighted by atomic mass is 10.1. The zero-order chi connectivity index (χ0) is 13.7. The third-order valence-corrected chi connectivity index (χ3v) is 3.55. The first-order chi connectivity index (χ1) is 9.22. The number of hydrogen-bond acceptors (Lipinski definition) is 4. The summed E-state index contributed by atoms with van der Waals surface area (Å²) in [5.74, 6) is -0.125. The first-order valence-electron chi connectivity index (χ1n) is 5.94. The lowest BCUT2D eigenvalue weighted by molar-refractivity contribution is 0.174. The van der Waals surface area contributed by atoms with E-state index in [1.54, 1.807) is 29.5 Å². The molecule has 1 unspecified atom stereocenters. The summed E-state index contributed by atoms with van der Waals surface area (Å²) in [4.78, 5) is 0. The minimum absolute atomic E-state index is 0.234. The highest BCUT2D eigenvalue weighted by molar-refractivity contribution is 7.07. The van der Waals surface area contributed by atoms with E-state index in [0.717, 1.165) is 5.56 Å². The highest BCUT2D eigenvalue weighted by atomic mass is 32.1. The highest BCUT2D eigenvalue weighted by Crippen LogP contribution is 2.20. The molecule has 0 bridgehead atoms. The number of ether oxygens (including phenoxy) is 1. The Hall–Kier alpha value is -1.43. The molecular weight excluding hydrogens is 265 g/mol. The van der Waals surface area contributed by atoms with Gasteiger partial charge in [-0.1, -0.05) is 12.1 Å². The molecule has 0 aliphatic carbocycles. The van der Waals surface area contributed by atoms with Crippen molar-refractivity contribution in [3.8, 4) is 5.75 Å². The molecule has 2 aromatic rings. The van der Waals surface area contributed by atoms with E-state index in [1.807, 2.05) is 16.8 Å². The average molecular weight is 281 g/mol. The van der Waals surface area contributed by atoms with E-state index in [1.165, 1.54) is 7.11 Å². The van der Waals surface area contributed by atoms with Gasteiger partial charge in [0.2, 0.25) is 0 Å². The van der Waals surface area contributed by atoms with Gasteiger partial charge < -0.3 is 15.2 Å². The molecule has 1 heterocycles. The van der Waals surface area contributed by atoms with Gasteiger partial charge in [-0.2, -0.15) is 11.3 Å². The number of benzene rings is 1. The van der Waals surface area contributed by atoms with Crippen molar-refractivity contribution in [2.45, 2.75) is 12.6 Å². The van der Waals surface area contributed by atoms with Gasteiger partial charge in [-0.3, -0.25) is 0 Å². The molecule has 0 aliphatic rings. The van der Waals surface area contributed by atoms with Crippen molar-refractivity contribution in [3.05, 3.63) is 52.0 Å². The highest BCUT2D eigenvalue weighted by Gasteiger charge is 2.10. The minimum atomic E-state index is -0.570. The van der Waals surface area contributed by atoms with Crippen LogP contribution >= 0.6 is 11.3 Å². The SMILES string of the molecule is COc1cccc(CNCC(O)c2ccsc2)c1F. The summed E-state index contributed by atoms with van der Waals surface area (Å²) in [6, 6.07) is 6.90. The van der Waals surface area contributed by atoms with Crippen LogP contribution in [-0.4, -0.2) is 18.8 Å². The average Bonchev–Trinajstić information content (AvgIpc) is 2.94. The van der Waals surface area contributed by atoms with Crippen molar-refractivity contribution in [2.75, 3.05) is 13.7 Å². The molecule has 0 saturated carbocycles. The summed E-state index contributed by atoms with van der Waals surface area (Å²) in [5.41, 5.74) is 1.40. The first-order valence-corrected chi connectivity index (χ1v) is 6.89. The topological polar surface area (TPSA) is 41.5 Å². The number of rotatable bonds is 6. The van der Waals surface area contributed by atoms with Gasteiger partial charge in [0.15, 0.2) is 11.6 Å². The number of aliphatic hydroxyl groups is 1. The molecule has 1 aromatic carbocycles. The second-order valence-electron chi connectivity index (χ2n) is 4.14. The van der Waals surface area contributed by atoms with Crippen LogP contribution in [-0.2, 0) is 6.54 Å². The second-order valence-corrected chi connectivity index (χ2v) is 4.92.